The van der Waals surface area contributed by atoms with Gasteiger partial charge in [0.15, 0.2) is 29.7 Å². The van der Waals surface area contributed by atoms with Crippen LogP contribution in [0.3, 0.4) is 0 Å². The number of anilines is 1. The summed E-state index contributed by atoms with van der Waals surface area (Å²) in [5, 5.41) is 12.4. The van der Waals surface area contributed by atoms with Gasteiger partial charge in [0.1, 0.15) is 18.0 Å². The number of carbonyl (C=O) groups is 2. The van der Waals surface area contributed by atoms with E-state index in [1.165, 1.54) is 26.7 Å². The van der Waals surface area contributed by atoms with Crippen molar-refractivity contribution in [3.05, 3.63) is 86.8 Å². The van der Waals surface area contributed by atoms with Gasteiger partial charge in [0.25, 0.3) is 11.8 Å². The Balaban J connectivity index is 1.57. The molecule has 0 unspecified atom stereocenters. The van der Waals surface area contributed by atoms with Crippen LogP contribution < -0.4 is 20.1 Å². The minimum atomic E-state index is -1.09. The second-order valence-corrected chi connectivity index (χ2v) is 9.45. The van der Waals surface area contributed by atoms with Crippen molar-refractivity contribution in [3.63, 3.8) is 0 Å². The van der Waals surface area contributed by atoms with E-state index < -0.39 is 46.8 Å². The molecular weight excluding hydrogens is 502 g/mol. The molecule has 4 aliphatic heterocycles. The topological polar surface area (TPSA) is 105 Å². The second kappa shape index (κ2) is 8.02. The van der Waals surface area contributed by atoms with Crippen LogP contribution in [0.15, 0.2) is 47.4 Å². The number of aromatic hydroxyl groups is 1. The zero-order chi connectivity index (χ0) is 26.3. The molecule has 10 nitrogen and oxygen atoms in total. The van der Waals surface area contributed by atoms with E-state index in [-0.39, 0.29) is 44.2 Å². The van der Waals surface area contributed by atoms with Gasteiger partial charge in [0.2, 0.25) is 5.43 Å². The van der Waals surface area contributed by atoms with Crippen LogP contribution in [0.1, 0.15) is 33.2 Å². The molecule has 5 heterocycles. The normalized spacial score (nSPS) is 21.7. The summed E-state index contributed by atoms with van der Waals surface area (Å²) >= 11 is 0. The number of pyridine rings is 1. The Morgan fingerprint density at radius 2 is 1.87 bits per heavy atom. The molecule has 0 aliphatic carbocycles. The number of ether oxygens (including phenoxy) is 2. The molecule has 1 aromatic heterocycles. The number of carbonyl (C=O) groups excluding carboxylic acids is 2. The fourth-order valence-electron chi connectivity index (χ4n) is 5.84. The largest absolute Gasteiger partial charge is 0.502 e. The maximum absolute atomic E-state index is 15.5. The zero-order valence-corrected chi connectivity index (χ0v) is 19.8. The summed E-state index contributed by atoms with van der Waals surface area (Å²) in [6.07, 6.45) is 0.625. The van der Waals surface area contributed by atoms with E-state index in [2.05, 4.69) is 0 Å². The minimum absolute atomic E-state index is 0.0283. The first kappa shape index (κ1) is 22.7. The summed E-state index contributed by atoms with van der Waals surface area (Å²) in [4.78, 5) is 41.7. The van der Waals surface area contributed by atoms with Crippen molar-refractivity contribution in [3.8, 4) is 11.5 Å². The molecule has 12 heteroatoms. The van der Waals surface area contributed by atoms with Crippen LogP contribution in [0.2, 0.25) is 0 Å². The summed E-state index contributed by atoms with van der Waals surface area (Å²) in [5.74, 6) is -3.45. The summed E-state index contributed by atoms with van der Waals surface area (Å²) in [7, 11) is 0. The Kier molecular flexibility index (Phi) is 4.80. The average molecular weight is 522 g/mol. The van der Waals surface area contributed by atoms with E-state index in [9.17, 15) is 23.9 Å². The van der Waals surface area contributed by atoms with Crippen molar-refractivity contribution >= 4 is 17.5 Å². The zero-order valence-electron chi connectivity index (χ0n) is 19.8. The number of aromatic nitrogens is 1. The molecule has 4 aliphatic rings. The van der Waals surface area contributed by atoms with Crippen molar-refractivity contribution in [2.75, 3.05) is 36.3 Å². The molecule has 2 aromatic carbocycles. The van der Waals surface area contributed by atoms with Crippen LogP contribution in [-0.2, 0) is 16.1 Å². The highest BCUT2D eigenvalue weighted by molar-refractivity contribution is 6.00. The Morgan fingerprint density at radius 1 is 1.03 bits per heavy atom. The molecule has 3 aromatic rings. The molecule has 2 amide bonds. The quantitative estimate of drug-likeness (QED) is 0.518. The van der Waals surface area contributed by atoms with Gasteiger partial charge in [-0.05, 0) is 17.7 Å². The van der Waals surface area contributed by atoms with Gasteiger partial charge in [-0.3, -0.25) is 24.1 Å². The minimum Gasteiger partial charge on any atom is -0.502 e. The number of morpholine rings is 1. The molecular formula is C26H20F2N4O6. The number of amides is 2. The van der Waals surface area contributed by atoms with Crippen molar-refractivity contribution < 1.29 is 33.0 Å². The van der Waals surface area contributed by atoms with Crippen LogP contribution in [0.25, 0.3) is 0 Å². The highest BCUT2D eigenvalue weighted by Gasteiger charge is 2.47. The van der Waals surface area contributed by atoms with E-state index in [1.807, 2.05) is 0 Å². The van der Waals surface area contributed by atoms with E-state index in [4.69, 9.17) is 9.47 Å². The molecule has 0 saturated carbocycles. The SMILES string of the molecule is O=C1COc2cccc3c2N1Cc1c(ccc(F)c1F)[C@H]3N1[C@@H]2COCCN2C(=O)c2c(O)c(=O)ccn21. The van der Waals surface area contributed by atoms with Gasteiger partial charge < -0.3 is 24.4 Å². The molecule has 0 spiro atoms. The number of hydrogen-bond donors (Lipinski definition) is 1. The fourth-order valence-corrected chi connectivity index (χ4v) is 5.84. The predicted molar refractivity (Wildman–Crippen MR) is 128 cm³/mol. The molecule has 0 bridgehead atoms. The molecule has 1 saturated heterocycles. The highest BCUT2D eigenvalue weighted by atomic mass is 19.2. The first-order valence-corrected chi connectivity index (χ1v) is 12.0. The molecule has 1 N–H and O–H groups in total. The molecule has 194 valence electrons. The van der Waals surface area contributed by atoms with E-state index >= 15 is 4.39 Å². The maximum Gasteiger partial charge on any atom is 0.278 e. The predicted octanol–water partition coefficient (Wildman–Crippen LogP) is 1.61. The smallest absolute Gasteiger partial charge is 0.278 e. The molecule has 38 heavy (non-hydrogen) atoms. The van der Waals surface area contributed by atoms with Gasteiger partial charge in [-0.2, -0.15) is 0 Å². The number of benzene rings is 2. The van der Waals surface area contributed by atoms with Gasteiger partial charge >= 0.3 is 0 Å². The number of nitrogens with zero attached hydrogens (tertiary/aromatic N) is 4. The first-order chi connectivity index (χ1) is 18.4. The summed E-state index contributed by atoms with van der Waals surface area (Å²) in [6, 6.07) is 7.86. The monoisotopic (exact) mass is 522 g/mol. The Morgan fingerprint density at radius 3 is 2.71 bits per heavy atom. The third-order valence-corrected chi connectivity index (χ3v) is 7.53. The number of fused-ring (bicyclic) bond motifs is 3. The molecule has 0 radical (unpaired) electrons. The standard InChI is InChI=1S/C26H20F2N4O6/c27-16-5-4-13-15(21(16)28)10-30-20(34)12-38-18-3-1-2-14(23(18)30)22(13)32-19-11-37-9-8-29(19)26(36)24-25(35)17(33)6-7-31(24)32/h1-7,19,22,35H,8-12H2/t19-,22-/m1/s1. The lowest BCUT2D eigenvalue weighted by atomic mass is 9.92. The number of hydrogen-bond acceptors (Lipinski definition) is 7. The third kappa shape index (κ3) is 2.97. The lowest BCUT2D eigenvalue weighted by molar-refractivity contribution is -0.121. The Labute approximate surface area is 213 Å². The third-order valence-electron chi connectivity index (χ3n) is 7.53. The summed E-state index contributed by atoms with van der Waals surface area (Å²) in [5.41, 5.74) is 0.273. The maximum atomic E-state index is 15.5. The number of halogens is 2. The van der Waals surface area contributed by atoms with Crippen molar-refractivity contribution in [1.82, 2.24) is 9.58 Å². The average Bonchev–Trinajstić information content (AvgIpc) is 3.07. The van der Waals surface area contributed by atoms with E-state index in [0.717, 1.165) is 12.1 Å². The van der Waals surface area contributed by atoms with E-state index in [0.29, 0.717) is 22.6 Å². The number of rotatable bonds is 1. The fraction of sp³-hybridized carbons (Fsp3) is 0.269. The second-order valence-electron chi connectivity index (χ2n) is 9.45. The van der Waals surface area contributed by atoms with Crippen LogP contribution >= 0.6 is 0 Å². The van der Waals surface area contributed by atoms with Gasteiger partial charge in [0.05, 0.1) is 25.4 Å². The van der Waals surface area contributed by atoms with Crippen LogP contribution in [0.4, 0.5) is 14.5 Å². The van der Waals surface area contributed by atoms with E-state index in [1.54, 1.807) is 23.2 Å². The molecule has 7 rings (SSSR count). The molecule has 2 atom stereocenters. The first-order valence-electron chi connectivity index (χ1n) is 12.0. The van der Waals surface area contributed by atoms with Crippen LogP contribution in [-0.4, -0.2) is 59.0 Å². The lowest BCUT2D eigenvalue weighted by Gasteiger charge is -2.51. The van der Waals surface area contributed by atoms with Crippen molar-refractivity contribution in [2.24, 2.45) is 0 Å². The van der Waals surface area contributed by atoms with Gasteiger partial charge in [-0.25, -0.2) is 8.78 Å². The summed E-state index contributed by atoms with van der Waals surface area (Å²) < 4.78 is 42.8. The summed E-state index contributed by atoms with van der Waals surface area (Å²) in [6.45, 7) is 0.00321. The lowest BCUT2D eigenvalue weighted by Crippen LogP contribution is -2.66. The number of para-hydroxylation sites is 1. The van der Waals surface area contributed by atoms with Crippen LogP contribution in [0.5, 0.6) is 11.5 Å². The van der Waals surface area contributed by atoms with Gasteiger partial charge in [-0.1, -0.05) is 18.2 Å². The highest BCUT2D eigenvalue weighted by Crippen LogP contribution is 2.48. The van der Waals surface area contributed by atoms with Gasteiger partial charge in [0, 0.05) is 29.9 Å². The van der Waals surface area contributed by atoms with Gasteiger partial charge in [-0.15, -0.1) is 0 Å². The molecule has 1 fully saturated rings. The van der Waals surface area contributed by atoms with Crippen molar-refractivity contribution in [1.29, 1.82) is 0 Å². The Bertz CT molecular complexity index is 1610. The van der Waals surface area contributed by atoms with Crippen LogP contribution in [0, 0.1) is 11.6 Å². The van der Waals surface area contributed by atoms with Crippen molar-refractivity contribution in [2.45, 2.75) is 18.8 Å². The Hall–Kier alpha value is -4.45.